The molecule has 1 heterocycles. The molecule has 1 saturated heterocycles. The van der Waals surface area contributed by atoms with Crippen LogP contribution in [-0.4, -0.2) is 36.6 Å². The molecule has 0 unspecified atom stereocenters. The molecule has 27 heavy (non-hydrogen) atoms. The van der Waals surface area contributed by atoms with Gasteiger partial charge in [0.15, 0.2) is 0 Å². The molecule has 1 aromatic carbocycles. The number of nitrogens with one attached hydrogen (secondary N) is 1. The number of hydrogen-bond donors (Lipinski definition) is 1. The Morgan fingerprint density at radius 1 is 1.22 bits per heavy atom. The van der Waals surface area contributed by atoms with E-state index in [9.17, 15) is 18.4 Å². The predicted molar refractivity (Wildman–Crippen MR) is 96.3 cm³/mol. The average molecular weight is 401 g/mol. The number of methoxy groups -OCH3 is 1. The van der Waals surface area contributed by atoms with Gasteiger partial charge in [0.2, 0.25) is 0 Å². The standard InChI is InChI=1S/C19H23ClF2N2O3/c1-27-18(25)14-7-4-10-24(14)19(26)23-17(11-5-2-3-6-11)15-13(21)9-8-12(20)16(15)22/h8-9,11,14,17H,2-7,10H2,1H3,(H,23,26)/t14-,17-/m0/s1. The Hall–Kier alpha value is -1.89. The van der Waals surface area contributed by atoms with Gasteiger partial charge in [-0.25, -0.2) is 18.4 Å². The number of urea groups is 1. The van der Waals surface area contributed by atoms with Crippen molar-refractivity contribution >= 4 is 23.6 Å². The molecule has 3 rings (SSSR count). The molecule has 1 aliphatic carbocycles. The summed E-state index contributed by atoms with van der Waals surface area (Å²) in [7, 11) is 1.27. The first kappa shape index (κ1) is 19.9. The second kappa shape index (κ2) is 8.42. The highest BCUT2D eigenvalue weighted by molar-refractivity contribution is 6.30. The van der Waals surface area contributed by atoms with Gasteiger partial charge >= 0.3 is 12.0 Å². The van der Waals surface area contributed by atoms with E-state index in [1.54, 1.807) is 0 Å². The van der Waals surface area contributed by atoms with Crippen molar-refractivity contribution < 1.29 is 23.1 Å². The van der Waals surface area contributed by atoms with Crippen molar-refractivity contribution in [1.29, 1.82) is 0 Å². The van der Waals surface area contributed by atoms with Crippen molar-refractivity contribution in [2.45, 2.75) is 50.6 Å². The van der Waals surface area contributed by atoms with E-state index < -0.39 is 35.7 Å². The summed E-state index contributed by atoms with van der Waals surface area (Å²) in [5.41, 5.74) is -0.212. The molecule has 1 aliphatic heterocycles. The zero-order valence-corrected chi connectivity index (χ0v) is 15.9. The molecule has 2 amide bonds. The highest BCUT2D eigenvalue weighted by Crippen LogP contribution is 2.39. The van der Waals surface area contributed by atoms with Gasteiger partial charge in [-0.1, -0.05) is 24.4 Å². The molecular weight excluding hydrogens is 378 g/mol. The first-order valence-corrected chi connectivity index (χ1v) is 9.60. The molecule has 8 heteroatoms. The van der Waals surface area contributed by atoms with Crippen molar-refractivity contribution in [3.63, 3.8) is 0 Å². The summed E-state index contributed by atoms with van der Waals surface area (Å²) in [6.45, 7) is 0.392. The van der Waals surface area contributed by atoms with Gasteiger partial charge in [0.1, 0.15) is 17.7 Å². The topological polar surface area (TPSA) is 58.6 Å². The second-order valence-electron chi connectivity index (χ2n) is 7.10. The summed E-state index contributed by atoms with van der Waals surface area (Å²) in [6, 6.07) is 0.253. The molecule has 2 aliphatic rings. The number of carbonyl (C=O) groups is 2. The highest BCUT2D eigenvalue weighted by Gasteiger charge is 2.38. The largest absolute Gasteiger partial charge is 0.467 e. The van der Waals surface area contributed by atoms with E-state index in [-0.39, 0.29) is 16.5 Å². The third kappa shape index (κ3) is 4.03. The fourth-order valence-electron chi connectivity index (χ4n) is 4.15. The number of carbonyl (C=O) groups excluding carboxylic acids is 2. The third-order valence-corrected chi connectivity index (χ3v) is 5.82. The zero-order chi connectivity index (χ0) is 19.6. The van der Waals surface area contributed by atoms with Crippen LogP contribution < -0.4 is 5.32 Å². The Morgan fingerprint density at radius 3 is 2.59 bits per heavy atom. The number of esters is 1. The van der Waals surface area contributed by atoms with Gasteiger partial charge in [-0.05, 0) is 43.7 Å². The summed E-state index contributed by atoms with van der Waals surface area (Å²) in [4.78, 5) is 26.1. The summed E-state index contributed by atoms with van der Waals surface area (Å²) in [5.74, 6) is -2.16. The normalized spacial score (nSPS) is 21.3. The van der Waals surface area contributed by atoms with Crippen molar-refractivity contribution in [2.24, 2.45) is 5.92 Å². The number of nitrogens with zero attached hydrogens (tertiary/aromatic N) is 1. The maximum atomic E-state index is 14.6. The van der Waals surface area contributed by atoms with Gasteiger partial charge in [-0.3, -0.25) is 0 Å². The van der Waals surface area contributed by atoms with Gasteiger partial charge in [0.05, 0.1) is 18.2 Å². The fourth-order valence-corrected chi connectivity index (χ4v) is 4.32. The van der Waals surface area contributed by atoms with Gasteiger partial charge in [0, 0.05) is 12.1 Å². The number of hydrogen-bond acceptors (Lipinski definition) is 3. The highest BCUT2D eigenvalue weighted by atomic mass is 35.5. The van der Waals surface area contributed by atoms with Crippen LogP contribution in [0.1, 0.15) is 50.1 Å². The second-order valence-corrected chi connectivity index (χ2v) is 7.51. The Morgan fingerprint density at radius 2 is 1.93 bits per heavy atom. The minimum Gasteiger partial charge on any atom is -0.467 e. The van der Waals surface area contributed by atoms with Crippen LogP contribution in [0.15, 0.2) is 12.1 Å². The molecular formula is C19H23ClF2N2O3. The maximum Gasteiger partial charge on any atom is 0.328 e. The van der Waals surface area contributed by atoms with Crippen LogP contribution >= 0.6 is 11.6 Å². The molecule has 0 aromatic heterocycles. The quantitative estimate of drug-likeness (QED) is 0.608. The maximum absolute atomic E-state index is 14.6. The molecule has 2 fully saturated rings. The smallest absolute Gasteiger partial charge is 0.328 e. The molecule has 0 radical (unpaired) electrons. The van der Waals surface area contributed by atoms with E-state index in [0.717, 1.165) is 37.8 Å². The van der Waals surface area contributed by atoms with Gasteiger partial charge < -0.3 is 15.0 Å². The van der Waals surface area contributed by atoms with E-state index >= 15 is 0 Å². The van der Waals surface area contributed by atoms with Crippen molar-refractivity contribution in [3.05, 3.63) is 34.4 Å². The molecule has 1 aromatic rings. The summed E-state index contributed by atoms with van der Waals surface area (Å²) < 4.78 is 33.9. The number of amides is 2. The van der Waals surface area contributed by atoms with Crippen LogP contribution in [0.4, 0.5) is 13.6 Å². The van der Waals surface area contributed by atoms with Crippen LogP contribution in [0.2, 0.25) is 5.02 Å². The van der Waals surface area contributed by atoms with Crippen molar-refractivity contribution in [3.8, 4) is 0 Å². The van der Waals surface area contributed by atoms with Crippen LogP contribution in [0.25, 0.3) is 0 Å². The molecule has 2 atom stereocenters. The van der Waals surface area contributed by atoms with E-state index in [2.05, 4.69) is 5.32 Å². The van der Waals surface area contributed by atoms with Crippen LogP contribution in [0, 0.1) is 17.6 Å². The number of halogens is 3. The number of rotatable bonds is 4. The lowest BCUT2D eigenvalue weighted by atomic mass is 9.91. The monoisotopic (exact) mass is 400 g/mol. The minimum absolute atomic E-state index is 0.0874. The van der Waals surface area contributed by atoms with Crippen LogP contribution in [0.3, 0.4) is 0 Å². The summed E-state index contributed by atoms with van der Waals surface area (Å²) in [5, 5.41) is 2.59. The van der Waals surface area contributed by atoms with E-state index in [4.69, 9.17) is 16.3 Å². The van der Waals surface area contributed by atoms with Crippen LogP contribution in [0.5, 0.6) is 0 Å². The zero-order valence-electron chi connectivity index (χ0n) is 15.1. The fraction of sp³-hybridized carbons (Fsp3) is 0.579. The number of ether oxygens (including phenoxy) is 1. The van der Waals surface area contributed by atoms with Gasteiger partial charge in [0.25, 0.3) is 0 Å². The third-order valence-electron chi connectivity index (χ3n) is 5.53. The number of benzene rings is 1. The van der Waals surface area contributed by atoms with Crippen molar-refractivity contribution in [2.75, 3.05) is 13.7 Å². The van der Waals surface area contributed by atoms with E-state index in [1.807, 2.05) is 0 Å². The number of likely N-dealkylation sites (tertiary alicyclic amines) is 1. The first-order valence-electron chi connectivity index (χ1n) is 9.22. The minimum atomic E-state index is -0.847. The predicted octanol–water partition coefficient (Wildman–Crippen LogP) is 4.20. The first-order chi connectivity index (χ1) is 12.9. The van der Waals surface area contributed by atoms with Gasteiger partial charge in [-0.15, -0.1) is 0 Å². The average Bonchev–Trinajstić information content (AvgIpc) is 3.35. The Balaban J connectivity index is 1.88. The van der Waals surface area contributed by atoms with Gasteiger partial charge in [-0.2, -0.15) is 0 Å². The van der Waals surface area contributed by atoms with Crippen molar-refractivity contribution in [1.82, 2.24) is 10.2 Å². The Bertz CT molecular complexity index is 725. The lowest BCUT2D eigenvalue weighted by Crippen LogP contribution is -2.48. The lowest BCUT2D eigenvalue weighted by Gasteiger charge is -2.30. The Kier molecular flexibility index (Phi) is 6.19. The summed E-state index contributed by atoms with van der Waals surface area (Å²) >= 11 is 5.86. The molecule has 0 bridgehead atoms. The molecule has 0 spiro atoms. The molecule has 5 nitrogen and oxygen atoms in total. The lowest BCUT2D eigenvalue weighted by molar-refractivity contribution is -0.144. The van der Waals surface area contributed by atoms with Crippen LogP contribution in [-0.2, 0) is 9.53 Å². The summed E-state index contributed by atoms with van der Waals surface area (Å²) in [6.07, 6.45) is 4.58. The Labute approximate surface area is 162 Å². The van der Waals surface area contributed by atoms with E-state index in [1.165, 1.54) is 12.0 Å². The molecule has 1 saturated carbocycles. The SMILES string of the molecule is COC(=O)[C@@H]1CCCN1C(=O)N[C@H](c1c(F)ccc(Cl)c1F)C1CCCC1. The molecule has 148 valence electrons. The van der Waals surface area contributed by atoms with E-state index in [0.29, 0.717) is 19.4 Å². The molecule has 1 N–H and O–H groups in total.